The van der Waals surface area contributed by atoms with Crippen molar-refractivity contribution < 1.29 is 27.8 Å². The van der Waals surface area contributed by atoms with Crippen molar-refractivity contribution in [2.75, 3.05) is 44.1 Å². The van der Waals surface area contributed by atoms with E-state index < -0.39 is 33.6 Å². The molecule has 8 nitrogen and oxygen atoms in total. The molecule has 0 aliphatic carbocycles. The minimum absolute atomic E-state index is 0.0160. The van der Waals surface area contributed by atoms with Gasteiger partial charge >= 0.3 is 0 Å². The van der Waals surface area contributed by atoms with Gasteiger partial charge in [0.2, 0.25) is 5.88 Å². The number of aliphatic hydroxyl groups is 1. The number of hydrogen-bond acceptors (Lipinski definition) is 9. The largest absolute Gasteiger partial charge is 0.543 e. The van der Waals surface area contributed by atoms with Crippen LogP contribution < -0.4 is 14.1 Å². The Morgan fingerprint density at radius 2 is 1.53 bits per heavy atom. The van der Waals surface area contributed by atoms with Gasteiger partial charge in [-0.25, -0.2) is 23.7 Å². The number of rotatable bonds is 13. The van der Waals surface area contributed by atoms with Crippen LogP contribution in [0.15, 0.2) is 29.4 Å². The number of ether oxygens (including phenoxy) is 2. The van der Waals surface area contributed by atoms with Gasteiger partial charge in [0.1, 0.15) is 47.7 Å². The van der Waals surface area contributed by atoms with E-state index in [9.17, 15) is 5.11 Å². The molecule has 0 amide bonds. The van der Waals surface area contributed by atoms with Gasteiger partial charge in [0, 0.05) is 17.5 Å². The lowest BCUT2D eigenvalue weighted by atomic mass is 9.95. The fourth-order valence-corrected chi connectivity index (χ4v) is 20.8. The monoisotopic (exact) mass is 864 g/mol. The number of thioether (sulfide) groups is 1. The van der Waals surface area contributed by atoms with Crippen LogP contribution in [0.25, 0.3) is 32.9 Å². The lowest BCUT2D eigenvalue weighted by Gasteiger charge is -2.42. The Labute approximate surface area is 357 Å². The van der Waals surface area contributed by atoms with E-state index in [1.165, 1.54) is 17.8 Å². The molecule has 0 radical (unpaired) electrons. The summed E-state index contributed by atoms with van der Waals surface area (Å²) >= 11 is 1.29. The maximum absolute atomic E-state index is 17.9. The van der Waals surface area contributed by atoms with Gasteiger partial charge in [-0.05, 0) is 76.9 Å². The Kier molecular flexibility index (Phi) is 14.6. The van der Waals surface area contributed by atoms with Gasteiger partial charge in [0.15, 0.2) is 11.0 Å². The van der Waals surface area contributed by atoms with E-state index >= 15 is 8.78 Å². The predicted molar refractivity (Wildman–Crippen MR) is 246 cm³/mol. The number of pyridine rings is 1. The maximum atomic E-state index is 17.9. The third-order valence-electron chi connectivity index (χ3n) is 12.5. The highest BCUT2D eigenvalue weighted by molar-refractivity contribution is 7.98. The third-order valence-corrected chi connectivity index (χ3v) is 25.3. The molecule has 59 heavy (non-hydrogen) atoms. The number of benzene rings is 2. The summed E-state index contributed by atoms with van der Waals surface area (Å²) in [5.41, 5.74) is 4.84. The summed E-state index contributed by atoms with van der Waals surface area (Å²) in [4.78, 5) is 16.5. The van der Waals surface area contributed by atoms with Crippen LogP contribution in [0, 0.1) is 23.1 Å². The van der Waals surface area contributed by atoms with Gasteiger partial charge in [-0.15, -0.1) is 5.54 Å². The van der Waals surface area contributed by atoms with Crippen molar-refractivity contribution in [2.45, 2.75) is 141 Å². The SMILES string of the molecule is CCOc1nc(-c2cc(O[Si](C(C)C)(C(C)C)C(C)C)cc3ccc(F)c(C#C[Si](C(C)C)(C(C)C)C(C)C)c23)c(F)c2nc(SC)nc(N3CCOC[C@@](C)(O)C3)c12. The molecule has 2 aromatic heterocycles. The van der Waals surface area contributed by atoms with E-state index in [-0.39, 0.29) is 59.0 Å². The number of nitrogens with zero attached hydrogens (tertiary/aromatic N) is 4. The lowest BCUT2D eigenvalue weighted by molar-refractivity contribution is -0.0123. The Morgan fingerprint density at radius 3 is 2.08 bits per heavy atom. The molecule has 3 heterocycles. The van der Waals surface area contributed by atoms with Crippen LogP contribution in [0.3, 0.4) is 0 Å². The van der Waals surface area contributed by atoms with Crippen LogP contribution in [0.1, 0.15) is 102 Å². The molecule has 0 spiro atoms. The van der Waals surface area contributed by atoms with Crippen LogP contribution in [0.2, 0.25) is 33.2 Å². The summed E-state index contributed by atoms with van der Waals surface area (Å²) in [6.07, 6.45) is 1.83. The van der Waals surface area contributed by atoms with Crippen molar-refractivity contribution >= 4 is 55.6 Å². The van der Waals surface area contributed by atoms with Crippen molar-refractivity contribution in [3.63, 3.8) is 0 Å². The zero-order valence-corrected chi connectivity index (χ0v) is 40.8. The molecule has 1 N–H and O–H groups in total. The van der Waals surface area contributed by atoms with E-state index in [0.29, 0.717) is 68.2 Å². The van der Waals surface area contributed by atoms with Crippen LogP contribution in [0.5, 0.6) is 11.6 Å². The highest BCUT2D eigenvalue weighted by atomic mass is 32.2. The summed E-state index contributed by atoms with van der Waals surface area (Å²) in [6, 6.07) is 6.97. The first-order valence-corrected chi connectivity index (χ1v) is 26.9. The average molecular weight is 865 g/mol. The molecular weight excluding hydrogens is 799 g/mol. The minimum Gasteiger partial charge on any atom is -0.543 e. The zero-order valence-electron chi connectivity index (χ0n) is 37.9. The minimum atomic E-state index is -2.51. The maximum Gasteiger partial charge on any atom is 0.258 e. The van der Waals surface area contributed by atoms with Crippen LogP contribution >= 0.6 is 11.8 Å². The normalized spacial score (nSPS) is 16.9. The number of β-amino-alcohol motifs (C(OH)–C–C–N with tert-alkyl or cyclic N) is 1. The van der Waals surface area contributed by atoms with E-state index in [2.05, 4.69) is 94.5 Å². The summed E-state index contributed by atoms with van der Waals surface area (Å²) in [6.45, 7) is 31.6. The van der Waals surface area contributed by atoms with E-state index in [4.69, 9.17) is 28.9 Å². The second-order valence-corrected chi connectivity index (χ2v) is 30.0. The van der Waals surface area contributed by atoms with E-state index in [0.717, 1.165) is 0 Å². The summed E-state index contributed by atoms with van der Waals surface area (Å²) < 4.78 is 53.8. The molecule has 0 bridgehead atoms. The molecular formula is C46H66F2N4O4SSi2. The number of fused-ring (bicyclic) bond motifs is 2. The second kappa shape index (κ2) is 18.4. The number of halogens is 2. The van der Waals surface area contributed by atoms with Gasteiger partial charge in [-0.1, -0.05) is 107 Å². The van der Waals surface area contributed by atoms with Crippen molar-refractivity contribution in [1.82, 2.24) is 15.0 Å². The summed E-state index contributed by atoms with van der Waals surface area (Å²) in [5, 5.41) is 12.9. The van der Waals surface area contributed by atoms with Gasteiger partial charge in [0.05, 0.1) is 31.9 Å². The average Bonchev–Trinajstić information content (AvgIpc) is 3.34. The molecule has 1 atom stereocenters. The van der Waals surface area contributed by atoms with E-state index in [1.807, 2.05) is 30.2 Å². The second-order valence-electron chi connectivity index (χ2n) is 18.3. The molecule has 0 unspecified atom stereocenters. The highest BCUT2D eigenvalue weighted by Gasteiger charge is 2.47. The Morgan fingerprint density at radius 1 is 0.898 bits per heavy atom. The van der Waals surface area contributed by atoms with Crippen LogP contribution in [0.4, 0.5) is 14.6 Å². The zero-order chi connectivity index (χ0) is 43.8. The van der Waals surface area contributed by atoms with Gasteiger partial charge < -0.3 is 23.9 Å². The molecule has 322 valence electrons. The summed E-state index contributed by atoms with van der Waals surface area (Å²) in [5.74, 6) is 3.34. The fraction of sp³-hybridized carbons (Fsp3) is 0.587. The first-order valence-electron chi connectivity index (χ1n) is 21.3. The Balaban J connectivity index is 1.96. The molecule has 1 saturated heterocycles. The molecule has 0 saturated carbocycles. The molecule has 13 heteroatoms. The molecule has 5 rings (SSSR count). The first kappa shape index (κ1) is 46.8. The van der Waals surface area contributed by atoms with Crippen LogP contribution in [-0.2, 0) is 4.74 Å². The lowest BCUT2D eigenvalue weighted by Crippen LogP contribution is -2.50. The molecule has 1 aliphatic heterocycles. The van der Waals surface area contributed by atoms with Gasteiger partial charge in [-0.3, -0.25) is 0 Å². The Hall–Kier alpha value is -3.29. The smallest absolute Gasteiger partial charge is 0.258 e. The topological polar surface area (TPSA) is 89.8 Å². The highest BCUT2D eigenvalue weighted by Crippen LogP contribution is 2.47. The van der Waals surface area contributed by atoms with Crippen molar-refractivity contribution in [2.24, 2.45) is 0 Å². The van der Waals surface area contributed by atoms with Crippen molar-refractivity contribution in [1.29, 1.82) is 0 Å². The van der Waals surface area contributed by atoms with Crippen LogP contribution in [-0.4, -0.2) is 81.2 Å². The van der Waals surface area contributed by atoms with Crippen molar-refractivity contribution in [3.8, 4) is 34.4 Å². The summed E-state index contributed by atoms with van der Waals surface area (Å²) in [7, 11) is -4.83. The first-order chi connectivity index (χ1) is 27.7. The molecule has 1 aliphatic rings. The number of aromatic nitrogens is 3. The van der Waals surface area contributed by atoms with Crippen molar-refractivity contribution in [3.05, 3.63) is 41.5 Å². The Bertz CT molecular complexity index is 2180. The standard InChI is InChI=1S/C46H66F2N4O4SSi2/c1-16-55-44-39-42(50-45(57-15)51-43(39)52-20-21-54-26-46(14,53)25-52)40(48)41(49-44)36-24-34(56-59(30(8)9,31(10)11)32(12)13)23-33-17-18-37(47)35(38(33)36)19-22-58(27(2)3,28(4)5)29(6)7/h17-18,23-24,27-32,53H,16,20-21,25-26H2,1-15H3/t46-/m0/s1. The molecule has 4 aromatic rings. The van der Waals surface area contributed by atoms with E-state index in [1.54, 1.807) is 13.0 Å². The quantitative estimate of drug-likeness (QED) is 0.0611. The number of anilines is 1. The third kappa shape index (κ3) is 8.90. The van der Waals surface area contributed by atoms with Gasteiger partial charge in [0.25, 0.3) is 8.32 Å². The van der Waals surface area contributed by atoms with Gasteiger partial charge in [-0.2, -0.15) is 0 Å². The fourth-order valence-electron chi connectivity index (χ4n) is 9.97. The molecule has 1 fully saturated rings. The number of hydrogen-bond donors (Lipinski definition) is 1. The predicted octanol–water partition coefficient (Wildman–Crippen LogP) is 12.0. The molecule has 2 aromatic carbocycles.